The summed E-state index contributed by atoms with van der Waals surface area (Å²) >= 11 is 5.95. The molecule has 0 unspecified atom stereocenters. The van der Waals surface area contributed by atoms with Gasteiger partial charge in [0.1, 0.15) is 17.2 Å². The Labute approximate surface area is 235 Å². The second kappa shape index (κ2) is 11.9. The second-order valence-corrected chi connectivity index (χ2v) is 16.6. The lowest BCUT2D eigenvalue weighted by atomic mass is 10.2. The van der Waals surface area contributed by atoms with Gasteiger partial charge >= 0.3 is 0 Å². The van der Waals surface area contributed by atoms with Gasteiger partial charge in [0.15, 0.2) is 5.76 Å². The highest BCUT2D eigenvalue weighted by Gasteiger charge is 2.33. The van der Waals surface area contributed by atoms with Crippen LogP contribution in [0.2, 0.25) is 5.02 Å². The number of nitrogens with zero attached hydrogens (tertiary/aromatic N) is 5. The van der Waals surface area contributed by atoms with E-state index in [2.05, 4.69) is 33.9 Å². The molecule has 0 N–H and O–H groups in total. The van der Waals surface area contributed by atoms with Crippen LogP contribution in [0.5, 0.6) is 11.5 Å². The topological polar surface area (TPSA) is 113 Å². The average molecular weight is 594 g/mol. The lowest BCUT2D eigenvalue weighted by molar-refractivity contribution is 0.391. The zero-order valence-corrected chi connectivity index (χ0v) is 24.9. The van der Waals surface area contributed by atoms with Crippen LogP contribution in [0.15, 0.2) is 59.3 Å². The summed E-state index contributed by atoms with van der Waals surface area (Å²) in [6.45, 7) is 0.211. The minimum Gasteiger partial charge on any atom is -0.494 e. The highest BCUT2D eigenvalue weighted by atomic mass is 35.5. The number of para-hydroxylation sites is 1. The summed E-state index contributed by atoms with van der Waals surface area (Å²) in [4.78, 5) is 4.26. The summed E-state index contributed by atoms with van der Waals surface area (Å²) in [5.41, 5.74) is 1.07. The minimum atomic E-state index is -3.89. The molecule has 0 aliphatic carbocycles. The first-order valence-electron chi connectivity index (χ1n) is 12.0. The molecule has 0 spiro atoms. The number of hydrogen-bond donors (Lipinski definition) is 0. The van der Waals surface area contributed by atoms with Crippen LogP contribution < -0.4 is 13.8 Å². The first kappa shape index (κ1) is 28.8. The normalized spacial score (nSPS) is 12.4. The van der Waals surface area contributed by atoms with Gasteiger partial charge in [0.25, 0.3) is 0 Å². The molecule has 0 amide bonds. The number of aryl methyl sites for hydroxylation is 1. The molecule has 10 nitrogen and oxygen atoms in total. The lowest BCUT2D eigenvalue weighted by Gasteiger charge is -2.30. The maximum atomic E-state index is 14.0. The maximum absolute atomic E-state index is 14.0. The Bertz CT molecular complexity index is 1480. The lowest BCUT2D eigenvalue weighted by Crippen LogP contribution is -2.38. The molecule has 39 heavy (non-hydrogen) atoms. The summed E-state index contributed by atoms with van der Waals surface area (Å²) in [6, 6.07) is 12.2. The smallest absolute Gasteiger partial charge is 0.246 e. The number of sulfonamides is 1. The van der Waals surface area contributed by atoms with Gasteiger partial charge in [-0.05, 0) is 60.9 Å². The van der Waals surface area contributed by atoms with E-state index in [0.29, 0.717) is 45.2 Å². The van der Waals surface area contributed by atoms with Crippen molar-refractivity contribution in [2.75, 3.05) is 55.3 Å². The number of anilines is 1. The van der Waals surface area contributed by atoms with Crippen LogP contribution in [-0.4, -0.2) is 79.2 Å². The van der Waals surface area contributed by atoms with Crippen molar-refractivity contribution in [3.8, 4) is 28.8 Å². The number of halogens is 1. The largest absolute Gasteiger partial charge is 0.494 e. The third kappa shape index (κ3) is 6.68. The Balaban J connectivity index is 1.88. The highest BCUT2D eigenvalue weighted by Crippen LogP contribution is 2.40. The van der Waals surface area contributed by atoms with E-state index in [1.54, 1.807) is 47.0 Å². The zero-order valence-electron chi connectivity index (χ0n) is 22.5. The molecular formula is C26H32ClN5O5S2. The van der Waals surface area contributed by atoms with E-state index in [9.17, 15) is 8.42 Å². The number of pyridine rings is 1. The predicted molar refractivity (Wildman–Crippen MR) is 156 cm³/mol. The average Bonchev–Trinajstić information content (AvgIpc) is 3.57. The van der Waals surface area contributed by atoms with Crippen LogP contribution >= 0.6 is 21.6 Å². The van der Waals surface area contributed by atoms with E-state index in [1.165, 1.54) is 31.0 Å². The van der Waals surface area contributed by atoms with Crippen molar-refractivity contribution < 1.29 is 22.3 Å². The number of ether oxygens (including phenoxy) is 2. The van der Waals surface area contributed by atoms with Crippen LogP contribution in [0.1, 0.15) is 5.69 Å². The van der Waals surface area contributed by atoms with Crippen LogP contribution in [0.25, 0.3) is 17.3 Å². The van der Waals surface area contributed by atoms with Crippen molar-refractivity contribution in [3.63, 3.8) is 0 Å². The molecule has 4 rings (SSSR count). The zero-order chi connectivity index (χ0) is 28.2. The van der Waals surface area contributed by atoms with Gasteiger partial charge in [0, 0.05) is 24.9 Å². The van der Waals surface area contributed by atoms with Gasteiger partial charge in [-0.1, -0.05) is 17.7 Å². The Morgan fingerprint density at radius 3 is 2.26 bits per heavy atom. The van der Waals surface area contributed by atoms with Crippen LogP contribution in [0, 0.1) is 0 Å². The van der Waals surface area contributed by atoms with E-state index in [1.807, 2.05) is 0 Å². The van der Waals surface area contributed by atoms with Crippen molar-refractivity contribution in [3.05, 3.63) is 65.6 Å². The Hall–Kier alpha value is -3.22. The molecule has 0 fully saturated rings. The Morgan fingerprint density at radius 1 is 0.974 bits per heavy atom. The van der Waals surface area contributed by atoms with Crippen molar-refractivity contribution in [1.29, 1.82) is 0 Å². The van der Waals surface area contributed by atoms with Crippen molar-refractivity contribution in [2.24, 2.45) is 0 Å². The standard InChI is InChI=1S/C26H32ClN5O5S2/c1-35-21-8-6-9-22(36-2)24(21)32-25(23-10-7-15-37-23)29-30-26(32)31(14-17-38(3,4)5)39(33,34)16-13-20-12-11-19(27)18-28-20/h6-12,15,18H,13-14,16-17H2,1-5H3. The summed E-state index contributed by atoms with van der Waals surface area (Å²) in [5.74, 6) is 2.19. The molecule has 1 aromatic carbocycles. The molecule has 4 aromatic rings. The van der Waals surface area contributed by atoms with E-state index < -0.39 is 20.1 Å². The highest BCUT2D eigenvalue weighted by molar-refractivity contribution is 8.32. The second-order valence-electron chi connectivity index (χ2n) is 9.55. The number of rotatable bonds is 12. The van der Waals surface area contributed by atoms with Crippen molar-refractivity contribution in [2.45, 2.75) is 6.42 Å². The monoisotopic (exact) mass is 593 g/mol. The molecule has 3 aromatic heterocycles. The maximum Gasteiger partial charge on any atom is 0.246 e. The number of benzene rings is 1. The molecule has 0 aliphatic heterocycles. The van der Waals surface area contributed by atoms with E-state index in [-0.39, 0.29) is 24.7 Å². The third-order valence-electron chi connectivity index (χ3n) is 5.88. The van der Waals surface area contributed by atoms with E-state index >= 15 is 0 Å². The van der Waals surface area contributed by atoms with Gasteiger partial charge < -0.3 is 13.9 Å². The van der Waals surface area contributed by atoms with Gasteiger partial charge in [-0.15, -0.1) is 10.2 Å². The third-order valence-corrected chi connectivity index (χ3v) is 9.25. The fourth-order valence-electron chi connectivity index (χ4n) is 3.88. The van der Waals surface area contributed by atoms with E-state index in [0.717, 1.165) is 0 Å². The molecule has 0 aliphatic rings. The SMILES string of the molecule is COc1cccc(OC)c1-n1c(-c2ccco2)nnc1N(CCS(C)(C)C)S(=O)(=O)CCc1ccc(Cl)cn1. The first-order valence-corrected chi connectivity index (χ1v) is 17.0. The molecule has 0 saturated carbocycles. The van der Waals surface area contributed by atoms with Gasteiger partial charge in [0.05, 0.1) is 31.3 Å². The predicted octanol–water partition coefficient (Wildman–Crippen LogP) is 4.67. The summed E-state index contributed by atoms with van der Waals surface area (Å²) in [6.07, 6.45) is 9.64. The number of furan rings is 1. The van der Waals surface area contributed by atoms with Gasteiger partial charge in [-0.2, -0.15) is 0 Å². The number of hydrogen-bond acceptors (Lipinski definition) is 8. The van der Waals surface area contributed by atoms with Crippen LogP contribution in [0.4, 0.5) is 5.95 Å². The van der Waals surface area contributed by atoms with Crippen molar-refractivity contribution in [1.82, 2.24) is 19.7 Å². The quantitative estimate of drug-likeness (QED) is 0.233. The molecule has 3 heterocycles. The summed E-state index contributed by atoms with van der Waals surface area (Å²) < 4.78 is 47.9. The van der Waals surface area contributed by atoms with Crippen LogP contribution in [-0.2, 0) is 16.4 Å². The van der Waals surface area contributed by atoms with Gasteiger partial charge in [-0.3, -0.25) is 9.55 Å². The molecular weight excluding hydrogens is 562 g/mol. The summed E-state index contributed by atoms with van der Waals surface area (Å²) in [5, 5.41) is 9.26. The molecule has 0 saturated heterocycles. The fraction of sp³-hybridized carbons (Fsp3) is 0.346. The molecule has 0 bridgehead atoms. The Morgan fingerprint density at radius 2 is 1.69 bits per heavy atom. The van der Waals surface area contributed by atoms with Crippen molar-refractivity contribution >= 4 is 37.6 Å². The molecule has 0 radical (unpaired) electrons. The molecule has 0 atom stereocenters. The minimum absolute atomic E-state index is 0.108. The van der Waals surface area contributed by atoms with E-state index in [4.69, 9.17) is 25.5 Å². The van der Waals surface area contributed by atoms with Gasteiger partial charge in [-0.25, -0.2) is 22.8 Å². The summed E-state index contributed by atoms with van der Waals surface area (Å²) in [7, 11) is -1.88. The molecule has 13 heteroatoms. The molecule has 210 valence electrons. The van der Waals surface area contributed by atoms with Gasteiger partial charge in [0.2, 0.25) is 21.8 Å². The van der Waals surface area contributed by atoms with Crippen LogP contribution in [0.3, 0.4) is 0 Å². The Kier molecular flexibility index (Phi) is 8.77. The number of methoxy groups -OCH3 is 2. The first-order chi connectivity index (χ1) is 18.5. The number of aromatic nitrogens is 4. The fourth-order valence-corrected chi connectivity index (χ4v) is 6.26.